The van der Waals surface area contributed by atoms with Crippen molar-refractivity contribution in [1.29, 1.82) is 0 Å². The highest BCUT2D eigenvalue weighted by molar-refractivity contribution is 6.55. The molecule has 0 saturated carbocycles. The van der Waals surface area contributed by atoms with Gasteiger partial charge in [0.1, 0.15) is 23.0 Å². The number of hydrogen-bond donors (Lipinski definition) is 0. The molecule has 0 aliphatic heterocycles. The molecule has 0 N–H and O–H groups in total. The normalized spacial score (nSPS) is 15.6. The van der Waals surface area contributed by atoms with E-state index in [-0.39, 0.29) is 10.6 Å². The SMILES string of the molecule is CC(O/N=C1/CCc2c(OCC=C(Cl)Cl)cccc21)c1ccccc1. The van der Waals surface area contributed by atoms with Crippen LogP contribution in [0.5, 0.6) is 5.75 Å². The molecule has 2 aromatic rings. The van der Waals surface area contributed by atoms with Crippen molar-refractivity contribution in [2.75, 3.05) is 6.61 Å². The Morgan fingerprint density at radius 2 is 1.92 bits per heavy atom. The number of fused-ring (bicyclic) bond motifs is 1. The Bertz CT molecular complexity index is 784. The molecule has 0 saturated heterocycles. The molecule has 0 bridgehead atoms. The fraction of sp³-hybridized carbons (Fsp3) is 0.250. The lowest BCUT2D eigenvalue weighted by Gasteiger charge is -2.11. The van der Waals surface area contributed by atoms with Gasteiger partial charge >= 0.3 is 0 Å². The van der Waals surface area contributed by atoms with Crippen molar-refractivity contribution in [3.8, 4) is 5.75 Å². The standard InChI is InChI=1S/C20H19Cl2NO2/c1-14(15-6-3-2-4-7-15)25-23-18-11-10-17-16(18)8-5-9-19(17)24-13-12-20(21)22/h2-9,12,14H,10-11,13H2,1H3/b23-18-. The molecule has 1 unspecified atom stereocenters. The highest BCUT2D eigenvalue weighted by atomic mass is 35.5. The Labute approximate surface area is 157 Å². The molecule has 0 radical (unpaired) electrons. The first-order valence-corrected chi connectivity index (χ1v) is 8.94. The molecule has 1 aliphatic carbocycles. The van der Waals surface area contributed by atoms with E-state index in [4.69, 9.17) is 32.8 Å². The van der Waals surface area contributed by atoms with E-state index in [2.05, 4.69) is 11.2 Å². The summed E-state index contributed by atoms with van der Waals surface area (Å²) < 4.78 is 5.97. The largest absolute Gasteiger partial charge is 0.489 e. The fourth-order valence-electron chi connectivity index (χ4n) is 2.82. The maximum Gasteiger partial charge on any atom is 0.149 e. The second-order valence-electron chi connectivity index (χ2n) is 5.78. The zero-order valence-electron chi connectivity index (χ0n) is 13.9. The number of hydrogen-bond acceptors (Lipinski definition) is 3. The molecule has 0 spiro atoms. The van der Waals surface area contributed by atoms with Crippen LogP contribution in [0, 0.1) is 0 Å². The molecule has 3 rings (SSSR count). The van der Waals surface area contributed by atoms with E-state index in [1.807, 2.05) is 49.4 Å². The van der Waals surface area contributed by atoms with Gasteiger partial charge in [0, 0.05) is 11.1 Å². The van der Waals surface area contributed by atoms with Gasteiger partial charge in [-0.25, -0.2) is 0 Å². The van der Waals surface area contributed by atoms with Crippen molar-refractivity contribution in [2.45, 2.75) is 25.9 Å². The van der Waals surface area contributed by atoms with Crippen LogP contribution in [0.25, 0.3) is 0 Å². The van der Waals surface area contributed by atoms with Crippen LogP contribution < -0.4 is 4.74 Å². The quantitative estimate of drug-likeness (QED) is 0.596. The highest BCUT2D eigenvalue weighted by Gasteiger charge is 2.22. The summed E-state index contributed by atoms with van der Waals surface area (Å²) in [5.74, 6) is 0.838. The number of halogens is 2. The summed E-state index contributed by atoms with van der Waals surface area (Å²) >= 11 is 11.2. The molecule has 0 amide bonds. The zero-order valence-corrected chi connectivity index (χ0v) is 15.4. The van der Waals surface area contributed by atoms with E-state index < -0.39 is 0 Å². The third kappa shape index (κ3) is 4.56. The summed E-state index contributed by atoms with van der Waals surface area (Å²) in [6.45, 7) is 2.34. The number of nitrogens with zero attached hydrogens (tertiary/aromatic N) is 1. The third-order valence-corrected chi connectivity index (χ3v) is 4.43. The van der Waals surface area contributed by atoms with Crippen molar-refractivity contribution in [3.63, 3.8) is 0 Å². The minimum atomic E-state index is -0.0896. The Hall–Kier alpha value is -1.97. The molecule has 3 nitrogen and oxygen atoms in total. The number of ether oxygens (including phenoxy) is 1. The summed E-state index contributed by atoms with van der Waals surface area (Å²) in [5, 5.41) is 4.40. The lowest BCUT2D eigenvalue weighted by molar-refractivity contribution is 0.0721. The third-order valence-electron chi connectivity index (χ3n) is 4.12. The first-order valence-electron chi connectivity index (χ1n) is 8.19. The van der Waals surface area contributed by atoms with Crippen LogP contribution in [-0.4, -0.2) is 12.3 Å². The van der Waals surface area contributed by atoms with Gasteiger partial charge < -0.3 is 9.57 Å². The molecule has 25 heavy (non-hydrogen) atoms. The molecule has 0 heterocycles. The number of oxime groups is 1. The first kappa shape index (κ1) is 17.8. The monoisotopic (exact) mass is 375 g/mol. The molecule has 2 aromatic carbocycles. The van der Waals surface area contributed by atoms with Gasteiger partial charge in [-0.15, -0.1) is 0 Å². The molecule has 130 valence electrons. The summed E-state index contributed by atoms with van der Waals surface area (Å²) in [5.41, 5.74) is 4.29. The van der Waals surface area contributed by atoms with Gasteiger partial charge in [-0.3, -0.25) is 0 Å². The Morgan fingerprint density at radius 1 is 1.12 bits per heavy atom. The molecule has 0 aromatic heterocycles. The van der Waals surface area contributed by atoms with Crippen LogP contribution in [0.4, 0.5) is 0 Å². The van der Waals surface area contributed by atoms with Crippen molar-refractivity contribution < 1.29 is 9.57 Å². The van der Waals surface area contributed by atoms with Gasteiger partial charge in [-0.1, -0.05) is 70.8 Å². The number of benzene rings is 2. The summed E-state index contributed by atoms with van der Waals surface area (Å²) in [6.07, 6.45) is 3.25. The fourth-order valence-corrected chi connectivity index (χ4v) is 2.95. The van der Waals surface area contributed by atoms with Crippen LogP contribution in [0.15, 0.2) is 64.3 Å². The molecule has 1 aliphatic rings. The van der Waals surface area contributed by atoms with Crippen molar-refractivity contribution in [2.24, 2.45) is 5.16 Å². The van der Waals surface area contributed by atoms with Gasteiger partial charge in [-0.05, 0) is 37.5 Å². The summed E-state index contributed by atoms with van der Waals surface area (Å²) in [7, 11) is 0. The second kappa shape index (κ2) is 8.41. The zero-order chi connectivity index (χ0) is 17.6. The molecular weight excluding hydrogens is 357 g/mol. The molecule has 1 atom stereocenters. The van der Waals surface area contributed by atoms with Crippen LogP contribution in [0.3, 0.4) is 0 Å². The van der Waals surface area contributed by atoms with E-state index in [9.17, 15) is 0 Å². The predicted molar refractivity (Wildman–Crippen MR) is 103 cm³/mol. The highest BCUT2D eigenvalue weighted by Crippen LogP contribution is 2.31. The average molecular weight is 376 g/mol. The van der Waals surface area contributed by atoms with Gasteiger partial charge in [-0.2, -0.15) is 0 Å². The molecule has 0 fully saturated rings. The Kier molecular flexibility index (Phi) is 6.00. The lowest BCUT2D eigenvalue weighted by Crippen LogP contribution is -2.01. The summed E-state index contributed by atoms with van der Waals surface area (Å²) in [4.78, 5) is 5.72. The van der Waals surface area contributed by atoms with Crippen molar-refractivity contribution in [1.82, 2.24) is 0 Å². The van der Waals surface area contributed by atoms with Crippen LogP contribution in [0.2, 0.25) is 0 Å². The predicted octanol–water partition coefficient (Wildman–Crippen LogP) is 5.81. The Balaban J connectivity index is 1.72. The average Bonchev–Trinajstić information content (AvgIpc) is 3.04. The minimum Gasteiger partial charge on any atom is -0.489 e. The Morgan fingerprint density at radius 3 is 2.68 bits per heavy atom. The van der Waals surface area contributed by atoms with Crippen molar-refractivity contribution in [3.05, 3.63) is 75.8 Å². The topological polar surface area (TPSA) is 30.8 Å². The van der Waals surface area contributed by atoms with Crippen LogP contribution in [-0.2, 0) is 11.3 Å². The van der Waals surface area contributed by atoms with Crippen LogP contribution >= 0.6 is 23.2 Å². The van der Waals surface area contributed by atoms with E-state index in [0.717, 1.165) is 41.0 Å². The van der Waals surface area contributed by atoms with Crippen LogP contribution in [0.1, 0.15) is 36.1 Å². The second-order valence-corrected chi connectivity index (χ2v) is 6.79. The van der Waals surface area contributed by atoms with Gasteiger partial charge in [0.25, 0.3) is 0 Å². The molecular formula is C20H19Cl2NO2. The lowest BCUT2D eigenvalue weighted by atomic mass is 10.1. The summed E-state index contributed by atoms with van der Waals surface area (Å²) in [6, 6.07) is 16.0. The van der Waals surface area contributed by atoms with E-state index in [0.29, 0.717) is 6.61 Å². The smallest absolute Gasteiger partial charge is 0.149 e. The van der Waals surface area contributed by atoms with Gasteiger partial charge in [0.05, 0.1) is 5.71 Å². The maximum atomic E-state index is 5.76. The van der Waals surface area contributed by atoms with E-state index in [1.165, 1.54) is 0 Å². The van der Waals surface area contributed by atoms with E-state index >= 15 is 0 Å². The van der Waals surface area contributed by atoms with Crippen molar-refractivity contribution >= 4 is 28.9 Å². The van der Waals surface area contributed by atoms with E-state index in [1.54, 1.807) is 6.08 Å². The molecule has 5 heteroatoms. The maximum absolute atomic E-state index is 5.76. The van der Waals surface area contributed by atoms with Gasteiger partial charge in [0.15, 0.2) is 0 Å². The van der Waals surface area contributed by atoms with Gasteiger partial charge in [0.2, 0.25) is 0 Å². The minimum absolute atomic E-state index is 0.0896. The number of rotatable bonds is 6. The first-order chi connectivity index (χ1) is 12.1.